The first kappa shape index (κ1) is 21.6. The van der Waals surface area contributed by atoms with Crippen molar-refractivity contribution in [3.63, 3.8) is 0 Å². The molecule has 8 nitrogen and oxygen atoms in total. The van der Waals surface area contributed by atoms with Crippen molar-refractivity contribution < 1.29 is 23.8 Å². The predicted octanol–water partition coefficient (Wildman–Crippen LogP) is 2.59. The molecule has 2 amide bonds. The number of amides is 2. The number of carbonyl (C=O) groups is 2. The van der Waals surface area contributed by atoms with Gasteiger partial charge in [-0.25, -0.2) is 0 Å². The first-order valence-corrected chi connectivity index (χ1v) is 9.10. The summed E-state index contributed by atoms with van der Waals surface area (Å²) in [5.41, 5.74) is 5.62. The van der Waals surface area contributed by atoms with Gasteiger partial charge in [0, 0.05) is 18.1 Å². The lowest BCUT2D eigenvalue weighted by atomic mass is 10.2. The summed E-state index contributed by atoms with van der Waals surface area (Å²) in [5, 5.41) is 8.89. The second-order valence-electron chi connectivity index (χ2n) is 5.89. The van der Waals surface area contributed by atoms with Crippen molar-refractivity contribution in [3.8, 4) is 23.3 Å². The van der Waals surface area contributed by atoms with E-state index in [2.05, 4.69) is 10.9 Å². The Hall–Kier alpha value is -3.73. The average Bonchev–Trinajstić information content (AvgIpc) is 2.75. The van der Waals surface area contributed by atoms with E-state index in [1.165, 1.54) is 7.11 Å². The van der Waals surface area contributed by atoms with Crippen molar-refractivity contribution in [2.24, 2.45) is 0 Å². The molecule has 2 aromatic rings. The van der Waals surface area contributed by atoms with Gasteiger partial charge in [0.15, 0.2) is 11.5 Å². The summed E-state index contributed by atoms with van der Waals surface area (Å²) in [5.74, 6) is 0.874. The molecule has 2 N–H and O–H groups in total. The van der Waals surface area contributed by atoms with E-state index < -0.39 is 5.91 Å². The SMILES string of the molecule is CCOc1ccc(C(=O)NNC(=O)CCCOc2ccc(C#N)cc2OC)cc1. The van der Waals surface area contributed by atoms with E-state index >= 15 is 0 Å². The Morgan fingerprint density at radius 3 is 2.45 bits per heavy atom. The highest BCUT2D eigenvalue weighted by Crippen LogP contribution is 2.27. The molecule has 0 aliphatic heterocycles. The molecule has 0 radical (unpaired) electrons. The van der Waals surface area contributed by atoms with Gasteiger partial charge >= 0.3 is 0 Å². The Bertz CT molecular complexity index is 875. The maximum absolute atomic E-state index is 12.0. The normalized spacial score (nSPS) is 9.83. The van der Waals surface area contributed by atoms with Gasteiger partial charge in [-0.15, -0.1) is 0 Å². The lowest BCUT2D eigenvalue weighted by Crippen LogP contribution is -2.41. The van der Waals surface area contributed by atoms with Crippen molar-refractivity contribution >= 4 is 11.8 Å². The topological polar surface area (TPSA) is 110 Å². The minimum atomic E-state index is -0.417. The number of ether oxygens (including phenoxy) is 3. The summed E-state index contributed by atoms with van der Waals surface area (Å²) < 4.78 is 16.1. The molecule has 0 heterocycles. The number of nitrogens with zero attached hydrogens (tertiary/aromatic N) is 1. The number of rotatable bonds is 9. The number of carbonyl (C=O) groups excluding carboxylic acids is 2. The van der Waals surface area contributed by atoms with Crippen LogP contribution in [0.25, 0.3) is 0 Å². The van der Waals surface area contributed by atoms with Crippen molar-refractivity contribution in [2.75, 3.05) is 20.3 Å². The van der Waals surface area contributed by atoms with Gasteiger partial charge in [0.1, 0.15) is 5.75 Å². The maximum Gasteiger partial charge on any atom is 0.269 e. The molecule has 2 rings (SSSR count). The van der Waals surface area contributed by atoms with Gasteiger partial charge in [0.05, 0.1) is 32.0 Å². The summed E-state index contributed by atoms with van der Waals surface area (Å²) in [7, 11) is 1.49. The quantitative estimate of drug-likeness (QED) is 0.497. The number of nitrogens with one attached hydrogen (secondary N) is 2. The Kier molecular flexibility index (Phi) is 8.32. The molecule has 152 valence electrons. The van der Waals surface area contributed by atoms with Crippen LogP contribution < -0.4 is 25.1 Å². The van der Waals surface area contributed by atoms with Gasteiger partial charge in [0.2, 0.25) is 5.91 Å². The molecular formula is C21H23N3O5. The summed E-state index contributed by atoms with van der Waals surface area (Å²) in [6.45, 7) is 2.70. The number of nitriles is 1. The number of hydrazine groups is 1. The van der Waals surface area contributed by atoms with E-state index in [1.807, 2.05) is 13.0 Å². The van der Waals surface area contributed by atoms with Crippen LogP contribution in [0.2, 0.25) is 0 Å². The Morgan fingerprint density at radius 1 is 1.03 bits per heavy atom. The van der Waals surface area contributed by atoms with Crippen LogP contribution in [0.5, 0.6) is 17.2 Å². The van der Waals surface area contributed by atoms with E-state index in [0.717, 1.165) is 0 Å². The summed E-state index contributed by atoms with van der Waals surface area (Å²) in [4.78, 5) is 23.9. The van der Waals surface area contributed by atoms with Crippen molar-refractivity contribution in [1.29, 1.82) is 5.26 Å². The minimum absolute atomic E-state index is 0.169. The number of hydrogen-bond acceptors (Lipinski definition) is 6. The van der Waals surface area contributed by atoms with E-state index in [4.69, 9.17) is 19.5 Å². The van der Waals surface area contributed by atoms with Gasteiger partial charge in [-0.3, -0.25) is 20.4 Å². The van der Waals surface area contributed by atoms with Crippen LogP contribution in [0.3, 0.4) is 0 Å². The van der Waals surface area contributed by atoms with Crippen LogP contribution in [-0.4, -0.2) is 32.1 Å². The number of benzene rings is 2. The fourth-order valence-corrected chi connectivity index (χ4v) is 2.40. The lowest BCUT2D eigenvalue weighted by Gasteiger charge is -2.11. The van der Waals surface area contributed by atoms with Crippen LogP contribution in [0.4, 0.5) is 0 Å². The van der Waals surface area contributed by atoms with Gasteiger partial charge in [-0.1, -0.05) is 0 Å². The van der Waals surface area contributed by atoms with Gasteiger partial charge in [0.25, 0.3) is 5.91 Å². The largest absolute Gasteiger partial charge is 0.494 e. The van der Waals surface area contributed by atoms with Gasteiger partial charge in [-0.05, 0) is 49.7 Å². The highest BCUT2D eigenvalue weighted by Gasteiger charge is 2.09. The number of hydrogen-bond donors (Lipinski definition) is 2. The highest BCUT2D eigenvalue weighted by molar-refractivity contribution is 5.95. The van der Waals surface area contributed by atoms with Crippen LogP contribution in [0, 0.1) is 11.3 Å². The monoisotopic (exact) mass is 397 g/mol. The van der Waals surface area contributed by atoms with Crippen molar-refractivity contribution in [3.05, 3.63) is 53.6 Å². The first-order valence-electron chi connectivity index (χ1n) is 9.10. The molecule has 0 atom stereocenters. The third kappa shape index (κ3) is 6.74. The molecule has 0 aliphatic carbocycles. The Balaban J connectivity index is 1.71. The average molecular weight is 397 g/mol. The molecule has 0 bridgehead atoms. The van der Waals surface area contributed by atoms with Crippen LogP contribution >= 0.6 is 0 Å². The second-order valence-corrected chi connectivity index (χ2v) is 5.89. The summed E-state index contributed by atoms with van der Waals surface area (Å²) in [6.07, 6.45) is 0.607. The van der Waals surface area contributed by atoms with Crippen LogP contribution in [0.1, 0.15) is 35.7 Å². The standard InChI is InChI=1S/C21H23N3O5/c1-3-28-17-9-7-16(8-10-17)21(26)24-23-20(25)5-4-12-29-18-11-6-15(14-22)13-19(18)27-2/h6-11,13H,3-5,12H2,1-2H3,(H,23,25)(H,24,26). The molecule has 0 fully saturated rings. The maximum atomic E-state index is 12.0. The first-order chi connectivity index (χ1) is 14.1. The molecule has 2 aromatic carbocycles. The van der Waals surface area contributed by atoms with E-state index in [0.29, 0.717) is 41.4 Å². The highest BCUT2D eigenvalue weighted by atomic mass is 16.5. The number of methoxy groups -OCH3 is 1. The Morgan fingerprint density at radius 2 is 1.79 bits per heavy atom. The lowest BCUT2D eigenvalue weighted by molar-refractivity contribution is -0.122. The molecule has 0 saturated carbocycles. The molecule has 29 heavy (non-hydrogen) atoms. The van der Waals surface area contributed by atoms with E-state index in [9.17, 15) is 9.59 Å². The molecular weight excluding hydrogens is 374 g/mol. The van der Waals surface area contributed by atoms with Crippen LogP contribution in [-0.2, 0) is 4.79 Å². The van der Waals surface area contributed by atoms with E-state index in [1.54, 1.807) is 42.5 Å². The summed E-state index contributed by atoms with van der Waals surface area (Å²) >= 11 is 0. The third-order valence-corrected chi connectivity index (χ3v) is 3.84. The molecule has 0 aromatic heterocycles. The smallest absolute Gasteiger partial charge is 0.269 e. The zero-order chi connectivity index (χ0) is 21.1. The summed E-state index contributed by atoms with van der Waals surface area (Å²) in [6, 6.07) is 13.5. The van der Waals surface area contributed by atoms with Crippen molar-refractivity contribution in [1.82, 2.24) is 10.9 Å². The molecule has 0 saturated heterocycles. The zero-order valence-electron chi connectivity index (χ0n) is 16.4. The second kappa shape index (κ2) is 11.2. The fourth-order valence-electron chi connectivity index (χ4n) is 2.40. The zero-order valence-corrected chi connectivity index (χ0v) is 16.4. The van der Waals surface area contributed by atoms with Gasteiger partial charge in [-0.2, -0.15) is 5.26 Å². The molecule has 8 heteroatoms. The van der Waals surface area contributed by atoms with Crippen molar-refractivity contribution in [2.45, 2.75) is 19.8 Å². The fraction of sp³-hybridized carbons (Fsp3) is 0.286. The minimum Gasteiger partial charge on any atom is -0.494 e. The molecule has 0 unspecified atom stereocenters. The van der Waals surface area contributed by atoms with Crippen LogP contribution in [0.15, 0.2) is 42.5 Å². The van der Waals surface area contributed by atoms with E-state index in [-0.39, 0.29) is 18.9 Å². The Labute approximate surface area is 169 Å². The third-order valence-electron chi connectivity index (χ3n) is 3.84. The predicted molar refractivity (Wildman–Crippen MR) is 106 cm³/mol. The van der Waals surface area contributed by atoms with Gasteiger partial charge < -0.3 is 14.2 Å². The molecule has 0 spiro atoms. The molecule has 0 aliphatic rings.